The molecule has 0 bridgehead atoms. The predicted molar refractivity (Wildman–Crippen MR) is 71.0 cm³/mol. The standard InChI is InChI=1S/C12H14F3N3OS/c1-19-10-9(17)8(5-16)20-11(10)18-4-2-3-7(6-18)12(13,14)15/h7H,2-4,6,17H2,1H3. The monoisotopic (exact) mass is 305 g/mol. The molecule has 1 atom stereocenters. The summed E-state index contributed by atoms with van der Waals surface area (Å²) in [7, 11) is 1.40. The highest BCUT2D eigenvalue weighted by Crippen LogP contribution is 2.46. The van der Waals surface area contributed by atoms with Crippen LogP contribution < -0.4 is 15.4 Å². The van der Waals surface area contributed by atoms with Gasteiger partial charge in [-0.15, -0.1) is 11.3 Å². The Hall–Kier alpha value is -1.62. The summed E-state index contributed by atoms with van der Waals surface area (Å²) in [6, 6.07) is 1.94. The number of hydrogen-bond donors (Lipinski definition) is 1. The first kappa shape index (κ1) is 14.8. The lowest BCUT2D eigenvalue weighted by molar-refractivity contribution is -0.175. The predicted octanol–water partition coefficient (Wildman–Crippen LogP) is 2.99. The minimum Gasteiger partial charge on any atom is -0.492 e. The van der Waals surface area contributed by atoms with Gasteiger partial charge in [0.2, 0.25) is 0 Å². The highest BCUT2D eigenvalue weighted by Gasteiger charge is 2.42. The second kappa shape index (κ2) is 5.40. The molecule has 0 saturated carbocycles. The average molecular weight is 305 g/mol. The fourth-order valence-corrected chi connectivity index (χ4v) is 3.36. The van der Waals surface area contributed by atoms with Gasteiger partial charge < -0.3 is 15.4 Å². The quantitative estimate of drug-likeness (QED) is 0.912. The van der Waals surface area contributed by atoms with E-state index < -0.39 is 12.1 Å². The van der Waals surface area contributed by atoms with Crippen molar-refractivity contribution in [1.82, 2.24) is 0 Å². The third kappa shape index (κ3) is 2.63. The third-order valence-electron chi connectivity index (χ3n) is 3.36. The fraction of sp³-hybridized carbons (Fsp3) is 0.583. The number of alkyl halides is 3. The van der Waals surface area contributed by atoms with Gasteiger partial charge in [-0.1, -0.05) is 0 Å². The first-order valence-electron chi connectivity index (χ1n) is 6.06. The molecular formula is C12H14F3N3OS. The number of piperidine rings is 1. The maximum absolute atomic E-state index is 12.8. The van der Waals surface area contributed by atoms with E-state index in [1.54, 1.807) is 4.90 Å². The highest BCUT2D eigenvalue weighted by molar-refractivity contribution is 7.17. The Bertz CT molecular complexity index is 535. The number of methoxy groups -OCH3 is 1. The molecule has 1 fully saturated rings. The van der Waals surface area contributed by atoms with Crippen LogP contribution in [0.25, 0.3) is 0 Å². The van der Waals surface area contributed by atoms with Crippen LogP contribution >= 0.6 is 11.3 Å². The molecule has 110 valence electrons. The molecule has 1 aliphatic rings. The van der Waals surface area contributed by atoms with Crippen molar-refractivity contribution in [3.05, 3.63) is 4.88 Å². The third-order valence-corrected chi connectivity index (χ3v) is 4.51. The van der Waals surface area contributed by atoms with Gasteiger partial charge in [-0.05, 0) is 12.8 Å². The first-order valence-corrected chi connectivity index (χ1v) is 6.88. The van der Waals surface area contributed by atoms with Crippen LogP contribution in [0.5, 0.6) is 5.75 Å². The zero-order valence-corrected chi connectivity index (χ0v) is 11.6. The highest BCUT2D eigenvalue weighted by atomic mass is 32.1. The van der Waals surface area contributed by atoms with E-state index in [-0.39, 0.29) is 23.5 Å². The van der Waals surface area contributed by atoms with E-state index in [0.717, 1.165) is 11.3 Å². The molecule has 4 nitrogen and oxygen atoms in total. The summed E-state index contributed by atoms with van der Waals surface area (Å²) in [5.74, 6) is -1.05. The van der Waals surface area contributed by atoms with Gasteiger partial charge in [-0.2, -0.15) is 18.4 Å². The van der Waals surface area contributed by atoms with Crippen LogP contribution in [0.2, 0.25) is 0 Å². The zero-order chi connectivity index (χ0) is 14.9. The number of thiophene rings is 1. The molecule has 1 aromatic heterocycles. The molecule has 0 spiro atoms. The number of anilines is 2. The van der Waals surface area contributed by atoms with Gasteiger partial charge in [0.05, 0.1) is 13.0 Å². The van der Waals surface area contributed by atoms with Gasteiger partial charge in [0.1, 0.15) is 21.6 Å². The number of nitriles is 1. The normalized spacial score (nSPS) is 19.8. The van der Waals surface area contributed by atoms with Crippen molar-refractivity contribution in [3.63, 3.8) is 0 Å². The number of nitrogens with zero attached hydrogens (tertiary/aromatic N) is 2. The Morgan fingerprint density at radius 1 is 1.50 bits per heavy atom. The topological polar surface area (TPSA) is 62.3 Å². The van der Waals surface area contributed by atoms with Gasteiger partial charge in [0.25, 0.3) is 0 Å². The van der Waals surface area contributed by atoms with E-state index in [1.165, 1.54) is 7.11 Å². The lowest BCUT2D eigenvalue weighted by atomic mass is 9.98. The Labute approximate surface area is 118 Å². The number of ether oxygens (including phenoxy) is 1. The minimum atomic E-state index is -4.20. The summed E-state index contributed by atoms with van der Waals surface area (Å²) in [6.45, 7) is 0.387. The number of nitrogen functional groups attached to an aromatic ring is 1. The lowest BCUT2D eigenvalue weighted by Gasteiger charge is -2.34. The second-order valence-corrected chi connectivity index (χ2v) is 5.62. The van der Waals surface area contributed by atoms with Crippen LogP contribution in [-0.2, 0) is 0 Å². The summed E-state index contributed by atoms with van der Waals surface area (Å²) < 4.78 is 43.6. The van der Waals surface area contributed by atoms with Crippen LogP contribution in [0.15, 0.2) is 0 Å². The molecule has 0 aromatic carbocycles. The molecular weight excluding hydrogens is 291 g/mol. The largest absolute Gasteiger partial charge is 0.492 e. The molecule has 0 aliphatic carbocycles. The van der Waals surface area contributed by atoms with Crippen LogP contribution in [0, 0.1) is 17.2 Å². The van der Waals surface area contributed by atoms with E-state index in [2.05, 4.69) is 0 Å². The molecule has 2 rings (SSSR count). The van der Waals surface area contributed by atoms with E-state index >= 15 is 0 Å². The molecule has 1 unspecified atom stereocenters. The number of rotatable bonds is 2. The zero-order valence-electron chi connectivity index (χ0n) is 10.8. The maximum Gasteiger partial charge on any atom is 0.393 e. The van der Waals surface area contributed by atoms with Crippen molar-refractivity contribution in [1.29, 1.82) is 5.26 Å². The smallest absolute Gasteiger partial charge is 0.393 e. The van der Waals surface area contributed by atoms with Gasteiger partial charge in [0, 0.05) is 13.1 Å². The molecule has 0 amide bonds. The Balaban J connectivity index is 2.30. The lowest BCUT2D eigenvalue weighted by Crippen LogP contribution is -2.41. The van der Waals surface area contributed by atoms with Gasteiger partial charge in [-0.3, -0.25) is 0 Å². The molecule has 2 heterocycles. The van der Waals surface area contributed by atoms with Gasteiger partial charge in [-0.25, -0.2) is 0 Å². The van der Waals surface area contributed by atoms with Gasteiger partial charge >= 0.3 is 6.18 Å². The Morgan fingerprint density at radius 2 is 2.20 bits per heavy atom. The van der Waals surface area contributed by atoms with Crippen LogP contribution in [0.4, 0.5) is 23.9 Å². The Kier molecular flexibility index (Phi) is 3.99. The summed E-state index contributed by atoms with van der Waals surface area (Å²) in [5.41, 5.74) is 5.96. The summed E-state index contributed by atoms with van der Waals surface area (Å²) in [4.78, 5) is 1.88. The fourth-order valence-electron chi connectivity index (χ4n) is 2.33. The van der Waals surface area contributed by atoms with Crippen molar-refractivity contribution in [2.75, 3.05) is 30.8 Å². The van der Waals surface area contributed by atoms with Crippen molar-refractivity contribution in [2.24, 2.45) is 5.92 Å². The number of hydrogen-bond acceptors (Lipinski definition) is 5. The Morgan fingerprint density at radius 3 is 2.75 bits per heavy atom. The summed E-state index contributed by atoms with van der Waals surface area (Å²) in [6.07, 6.45) is -3.62. The van der Waals surface area contributed by atoms with Crippen molar-refractivity contribution < 1.29 is 17.9 Å². The van der Waals surface area contributed by atoms with Crippen LogP contribution in [-0.4, -0.2) is 26.4 Å². The molecule has 1 saturated heterocycles. The average Bonchev–Trinajstić information content (AvgIpc) is 2.74. The summed E-state index contributed by atoms with van der Waals surface area (Å²) >= 11 is 1.08. The SMILES string of the molecule is COc1c(N2CCCC(C(F)(F)F)C2)sc(C#N)c1N. The van der Waals surface area contributed by atoms with E-state index in [1.807, 2.05) is 6.07 Å². The van der Waals surface area contributed by atoms with E-state index in [9.17, 15) is 13.2 Å². The maximum atomic E-state index is 12.8. The van der Waals surface area contributed by atoms with E-state index in [0.29, 0.717) is 23.7 Å². The number of nitrogens with two attached hydrogens (primary N) is 1. The molecule has 1 aromatic rings. The van der Waals surface area contributed by atoms with Crippen molar-refractivity contribution >= 4 is 22.0 Å². The second-order valence-electron chi connectivity index (χ2n) is 4.62. The van der Waals surface area contributed by atoms with Crippen molar-refractivity contribution in [3.8, 4) is 11.8 Å². The molecule has 1 aliphatic heterocycles. The van der Waals surface area contributed by atoms with Crippen LogP contribution in [0.1, 0.15) is 17.7 Å². The summed E-state index contributed by atoms with van der Waals surface area (Å²) in [5, 5.41) is 9.47. The van der Waals surface area contributed by atoms with Crippen LogP contribution in [0.3, 0.4) is 0 Å². The minimum absolute atomic E-state index is 0.120. The molecule has 8 heteroatoms. The van der Waals surface area contributed by atoms with E-state index in [4.69, 9.17) is 15.7 Å². The first-order chi connectivity index (χ1) is 9.38. The molecule has 20 heavy (non-hydrogen) atoms. The van der Waals surface area contributed by atoms with Crippen molar-refractivity contribution in [2.45, 2.75) is 19.0 Å². The van der Waals surface area contributed by atoms with Gasteiger partial charge in [0.15, 0.2) is 5.75 Å². The number of halogens is 3. The molecule has 0 radical (unpaired) electrons. The molecule has 2 N–H and O–H groups in total.